The minimum absolute atomic E-state index is 0.0368. The highest BCUT2D eigenvalue weighted by molar-refractivity contribution is 6.01. The summed E-state index contributed by atoms with van der Waals surface area (Å²) in [5.74, 6) is -0.794. The Hall–Kier alpha value is -4.31. The Bertz CT molecular complexity index is 1230. The predicted molar refractivity (Wildman–Crippen MR) is 121 cm³/mol. The molecule has 7 nitrogen and oxygen atoms in total. The first-order valence-corrected chi connectivity index (χ1v) is 9.90. The number of para-hydroxylation sites is 1. The van der Waals surface area contributed by atoms with Crippen molar-refractivity contribution in [3.8, 4) is 17.5 Å². The van der Waals surface area contributed by atoms with Crippen LogP contribution in [0.5, 0.6) is 5.75 Å². The summed E-state index contributed by atoms with van der Waals surface area (Å²) in [5.41, 5.74) is 3.72. The minimum atomic E-state index is -1.03. The Morgan fingerprint density at radius 1 is 1.16 bits per heavy atom. The van der Waals surface area contributed by atoms with Crippen LogP contribution in [0.3, 0.4) is 0 Å². The molecular formula is C25H23N3O4. The lowest BCUT2D eigenvalue weighted by atomic mass is 10.1. The maximum Gasteiger partial charge on any atom is 0.337 e. The van der Waals surface area contributed by atoms with Gasteiger partial charge < -0.3 is 19.7 Å². The highest BCUT2D eigenvalue weighted by Gasteiger charge is 2.17. The van der Waals surface area contributed by atoms with Crippen molar-refractivity contribution in [3.05, 3.63) is 88.2 Å². The molecule has 0 bridgehead atoms. The summed E-state index contributed by atoms with van der Waals surface area (Å²) in [5, 5.41) is 21.8. The number of carboxylic acids is 1. The van der Waals surface area contributed by atoms with E-state index >= 15 is 0 Å². The summed E-state index contributed by atoms with van der Waals surface area (Å²) in [6, 6.07) is 17.7. The van der Waals surface area contributed by atoms with Crippen LogP contribution in [0, 0.1) is 25.2 Å². The van der Waals surface area contributed by atoms with Gasteiger partial charge in [-0.25, -0.2) is 4.79 Å². The van der Waals surface area contributed by atoms with Gasteiger partial charge in [-0.2, -0.15) is 5.26 Å². The molecule has 32 heavy (non-hydrogen) atoms. The number of hydrogen-bond donors (Lipinski definition) is 2. The predicted octanol–water partition coefficient (Wildman–Crippen LogP) is 4.02. The lowest BCUT2D eigenvalue weighted by molar-refractivity contribution is -0.117. The molecule has 0 aliphatic carbocycles. The highest BCUT2D eigenvalue weighted by atomic mass is 16.5. The van der Waals surface area contributed by atoms with E-state index in [-0.39, 0.29) is 17.7 Å². The van der Waals surface area contributed by atoms with Crippen molar-refractivity contribution in [1.82, 2.24) is 9.88 Å². The molecule has 0 aliphatic rings. The molecule has 2 aromatic carbocycles. The van der Waals surface area contributed by atoms with Crippen LogP contribution in [0.25, 0.3) is 11.8 Å². The number of carboxylic acid groups (broad SMARTS) is 1. The van der Waals surface area contributed by atoms with Crippen molar-refractivity contribution in [1.29, 1.82) is 5.26 Å². The van der Waals surface area contributed by atoms with E-state index in [0.29, 0.717) is 11.3 Å². The normalized spacial score (nSPS) is 11.0. The molecule has 0 saturated carbocycles. The van der Waals surface area contributed by atoms with Crippen molar-refractivity contribution in [2.24, 2.45) is 0 Å². The summed E-state index contributed by atoms with van der Waals surface area (Å²) < 4.78 is 6.92. The first-order chi connectivity index (χ1) is 15.3. The van der Waals surface area contributed by atoms with Gasteiger partial charge in [0, 0.05) is 17.9 Å². The van der Waals surface area contributed by atoms with E-state index in [4.69, 9.17) is 4.74 Å². The van der Waals surface area contributed by atoms with E-state index in [0.717, 1.165) is 22.7 Å². The fraction of sp³-hybridized carbons (Fsp3) is 0.160. The van der Waals surface area contributed by atoms with Crippen LogP contribution < -0.4 is 10.1 Å². The number of aromatic carboxylic acids is 1. The Balaban J connectivity index is 1.86. The van der Waals surface area contributed by atoms with Crippen LogP contribution in [0.2, 0.25) is 0 Å². The van der Waals surface area contributed by atoms with E-state index in [2.05, 4.69) is 5.32 Å². The molecule has 3 rings (SSSR count). The third kappa shape index (κ3) is 4.71. The number of nitrogens with one attached hydrogen (secondary N) is 1. The van der Waals surface area contributed by atoms with E-state index < -0.39 is 11.9 Å². The van der Waals surface area contributed by atoms with E-state index in [1.54, 1.807) is 48.1 Å². The van der Waals surface area contributed by atoms with Gasteiger partial charge >= 0.3 is 5.97 Å². The SMILES string of the molecule is COc1ccc(CNC(=O)C(C#N)=Cc2cc(C)n(-c3ccccc3C(=O)O)c2C)cc1. The lowest BCUT2D eigenvalue weighted by Gasteiger charge is -2.12. The fourth-order valence-electron chi connectivity index (χ4n) is 3.48. The van der Waals surface area contributed by atoms with Gasteiger partial charge in [0.2, 0.25) is 0 Å². The number of carbonyl (C=O) groups is 2. The van der Waals surface area contributed by atoms with Crippen LogP contribution in [0.15, 0.2) is 60.2 Å². The summed E-state index contributed by atoms with van der Waals surface area (Å²) in [4.78, 5) is 24.2. The van der Waals surface area contributed by atoms with Crippen molar-refractivity contribution >= 4 is 18.0 Å². The van der Waals surface area contributed by atoms with Crippen LogP contribution >= 0.6 is 0 Å². The number of rotatable bonds is 7. The third-order valence-corrected chi connectivity index (χ3v) is 5.12. The second kappa shape index (κ2) is 9.67. The van der Waals surface area contributed by atoms with Gasteiger partial charge in [-0.15, -0.1) is 0 Å². The van der Waals surface area contributed by atoms with Gasteiger partial charge in [-0.3, -0.25) is 4.79 Å². The van der Waals surface area contributed by atoms with E-state index in [1.807, 2.05) is 38.1 Å². The molecule has 2 N–H and O–H groups in total. The number of carbonyl (C=O) groups excluding carboxylic acids is 1. The zero-order valence-corrected chi connectivity index (χ0v) is 18.0. The highest BCUT2D eigenvalue weighted by Crippen LogP contribution is 2.25. The number of methoxy groups -OCH3 is 1. The smallest absolute Gasteiger partial charge is 0.337 e. The zero-order chi connectivity index (χ0) is 23.3. The molecule has 3 aromatic rings. The molecule has 0 radical (unpaired) electrons. The number of aryl methyl sites for hydroxylation is 1. The molecule has 0 aliphatic heterocycles. The maximum absolute atomic E-state index is 12.6. The Kier molecular flexibility index (Phi) is 6.76. The Morgan fingerprint density at radius 2 is 1.84 bits per heavy atom. The fourth-order valence-corrected chi connectivity index (χ4v) is 3.48. The van der Waals surface area contributed by atoms with Gasteiger partial charge in [0.05, 0.1) is 18.4 Å². The molecule has 0 spiro atoms. The second-order valence-corrected chi connectivity index (χ2v) is 7.18. The maximum atomic E-state index is 12.6. The summed E-state index contributed by atoms with van der Waals surface area (Å²) in [6.07, 6.45) is 1.52. The second-order valence-electron chi connectivity index (χ2n) is 7.18. The van der Waals surface area contributed by atoms with Gasteiger partial charge in [0.1, 0.15) is 17.4 Å². The third-order valence-electron chi connectivity index (χ3n) is 5.12. The molecule has 162 valence electrons. The molecule has 1 aromatic heterocycles. The number of benzene rings is 2. The largest absolute Gasteiger partial charge is 0.497 e. The van der Waals surface area contributed by atoms with E-state index in [9.17, 15) is 20.0 Å². The van der Waals surface area contributed by atoms with Crippen molar-refractivity contribution in [2.75, 3.05) is 7.11 Å². The molecule has 1 amide bonds. The van der Waals surface area contributed by atoms with Gasteiger partial charge in [0.15, 0.2) is 0 Å². The van der Waals surface area contributed by atoms with Crippen LogP contribution in [0.4, 0.5) is 0 Å². The topological polar surface area (TPSA) is 104 Å². The van der Waals surface area contributed by atoms with Crippen molar-refractivity contribution in [2.45, 2.75) is 20.4 Å². The summed E-state index contributed by atoms with van der Waals surface area (Å²) >= 11 is 0. The minimum Gasteiger partial charge on any atom is -0.497 e. The molecular weight excluding hydrogens is 406 g/mol. The number of nitrogens with zero attached hydrogens (tertiary/aromatic N) is 2. The van der Waals surface area contributed by atoms with Crippen LogP contribution in [-0.4, -0.2) is 28.7 Å². The molecule has 0 fully saturated rings. The number of hydrogen-bond acceptors (Lipinski definition) is 4. The molecule has 0 atom stereocenters. The zero-order valence-electron chi connectivity index (χ0n) is 18.0. The van der Waals surface area contributed by atoms with Gasteiger partial charge in [0.25, 0.3) is 5.91 Å². The number of amides is 1. The molecule has 1 heterocycles. The van der Waals surface area contributed by atoms with Crippen molar-refractivity contribution in [3.63, 3.8) is 0 Å². The van der Waals surface area contributed by atoms with Crippen LogP contribution in [0.1, 0.15) is 32.9 Å². The van der Waals surface area contributed by atoms with Crippen LogP contribution in [-0.2, 0) is 11.3 Å². The Morgan fingerprint density at radius 3 is 2.47 bits per heavy atom. The quantitative estimate of drug-likeness (QED) is 0.436. The van der Waals surface area contributed by atoms with Gasteiger partial charge in [-0.1, -0.05) is 24.3 Å². The monoisotopic (exact) mass is 429 g/mol. The number of nitriles is 1. The number of aromatic nitrogens is 1. The molecule has 0 unspecified atom stereocenters. The molecule has 0 saturated heterocycles. The van der Waals surface area contributed by atoms with E-state index in [1.165, 1.54) is 6.08 Å². The average molecular weight is 429 g/mol. The summed E-state index contributed by atoms with van der Waals surface area (Å²) in [6.45, 7) is 3.94. The van der Waals surface area contributed by atoms with Gasteiger partial charge in [-0.05, 0) is 61.4 Å². The Labute approximate surface area is 186 Å². The lowest BCUT2D eigenvalue weighted by Crippen LogP contribution is -2.23. The standard InChI is InChI=1S/C25H23N3O4/c1-16-12-19(17(2)28(16)23-7-5-4-6-22(23)25(30)31)13-20(14-26)24(29)27-15-18-8-10-21(32-3)11-9-18/h4-13H,15H2,1-3H3,(H,27,29)(H,30,31). The molecule has 7 heteroatoms. The first-order valence-electron chi connectivity index (χ1n) is 9.90. The van der Waals surface area contributed by atoms with Crippen molar-refractivity contribution < 1.29 is 19.4 Å². The first kappa shape index (κ1) is 22.4. The summed E-state index contributed by atoms with van der Waals surface area (Å²) in [7, 11) is 1.58. The average Bonchev–Trinajstić information content (AvgIpc) is 3.08. The number of ether oxygens (including phenoxy) is 1.